The molecule has 0 aliphatic carbocycles. The Kier molecular flexibility index (Phi) is 203. The zero-order valence-electron chi connectivity index (χ0n) is 50.8. The van der Waals surface area contributed by atoms with E-state index in [0.717, 1.165) is 65.1 Å². The Hall–Kier alpha value is 5.12. The molecule has 23 nitrogen and oxygen atoms in total. The average Bonchev–Trinajstić information content (AvgIpc) is 3.32. The molecular formula is C48H109I3N8Na5O15Y-. The first-order chi connectivity index (χ1) is 33.5. The van der Waals surface area contributed by atoms with Crippen LogP contribution >= 0.6 is 67.8 Å². The van der Waals surface area contributed by atoms with Crippen molar-refractivity contribution >= 4 is 97.6 Å². The van der Waals surface area contributed by atoms with Gasteiger partial charge in [0.15, 0.2) is 0 Å². The van der Waals surface area contributed by atoms with E-state index >= 15 is 0 Å². The van der Waals surface area contributed by atoms with Crippen LogP contribution in [0.1, 0.15) is 117 Å². The second-order valence-electron chi connectivity index (χ2n) is 14.5. The van der Waals surface area contributed by atoms with Gasteiger partial charge >= 0.3 is 148 Å². The Balaban J connectivity index is -0.0000000384. The van der Waals surface area contributed by atoms with E-state index in [-0.39, 0.29) is 242 Å². The zero-order chi connectivity index (χ0) is 57.3. The molecule has 0 saturated carbocycles. The third-order valence-electron chi connectivity index (χ3n) is 7.55. The summed E-state index contributed by atoms with van der Waals surface area (Å²) in [4.78, 5) is 59.3. The molecule has 0 bridgehead atoms. The predicted octanol–water partition coefficient (Wildman–Crippen LogP) is -15.5. The summed E-state index contributed by atoms with van der Waals surface area (Å²) >= 11 is 6.70. The number of nitrogens with zero attached hydrogens (tertiary/aromatic N) is 4. The number of aliphatic carboxylic acids is 5. The van der Waals surface area contributed by atoms with Crippen LogP contribution in [0.3, 0.4) is 0 Å². The molecule has 0 unspecified atom stereocenters. The number of rotatable bonds is 34. The van der Waals surface area contributed by atoms with E-state index in [2.05, 4.69) is 126 Å². The number of nitrogens with one attached hydrogen (secondary N) is 4. The van der Waals surface area contributed by atoms with Gasteiger partial charge in [0.2, 0.25) is 0 Å². The van der Waals surface area contributed by atoms with E-state index in [1.54, 1.807) is 24.0 Å². The molecule has 0 aliphatic rings. The van der Waals surface area contributed by atoms with Crippen molar-refractivity contribution in [1.82, 2.24) is 35.6 Å². The molecule has 0 amide bonds. The summed E-state index contributed by atoms with van der Waals surface area (Å²) in [6, 6.07) is 0.864. The minimum atomic E-state index is -1.15. The quantitative estimate of drug-likeness (QED) is 0.0115. The van der Waals surface area contributed by atoms with Gasteiger partial charge in [0.05, 0.1) is 40.2 Å². The number of aliphatic hydroxyl groups is 3. The molecule has 0 aliphatic heterocycles. The topological polar surface area (TPSA) is 353 Å². The number of aliphatic hydroxyl groups excluding tert-OH is 3. The molecule has 0 heterocycles. The Morgan fingerprint density at radius 3 is 1.15 bits per heavy atom. The summed E-state index contributed by atoms with van der Waals surface area (Å²) in [6.07, 6.45) is 2.81. The van der Waals surface area contributed by atoms with Crippen LogP contribution in [0.4, 0.5) is 0 Å². The average molecular weight is 1620 g/mol. The number of carboxylic acid groups (broad SMARTS) is 5. The van der Waals surface area contributed by atoms with Crippen molar-refractivity contribution in [2.75, 3.05) is 153 Å². The summed E-state index contributed by atoms with van der Waals surface area (Å²) in [7, 11) is 3.30. The van der Waals surface area contributed by atoms with Crippen molar-refractivity contribution in [1.29, 1.82) is 0 Å². The van der Waals surface area contributed by atoms with Gasteiger partial charge in [-0.3, -0.25) is 14.7 Å². The maximum atomic E-state index is 10.8. The number of hydrogen-bond acceptors (Lipinski definition) is 22. The van der Waals surface area contributed by atoms with Crippen molar-refractivity contribution in [2.45, 2.75) is 129 Å². The van der Waals surface area contributed by atoms with Crippen molar-refractivity contribution in [2.24, 2.45) is 0 Å². The molecule has 461 valence electrons. The molecule has 0 rings (SSSR count). The van der Waals surface area contributed by atoms with Crippen LogP contribution in [-0.4, -0.2) is 230 Å². The number of likely N-dealkylation sites (N-methyl/N-ethyl adjacent to an activating group) is 1. The van der Waals surface area contributed by atoms with Crippen LogP contribution in [0.25, 0.3) is 5.73 Å². The molecule has 0 atom stereocenters. The number of hydrogen-bond donors (Lipinski definition) is 6. The molecule has 80 heavy (non-hydrogen) atoms. The monoisotopic (exact) mass is 1620 g/mol. The molecule has 1 radical (unpaired) electrons. The number of carbonyl (C=O) groups is 5. The number of ether oxygens (including phenoxy) is 2. The van der Waals surface area contributed by atoms with E-state index in [0.29, 0.717) is 71.5 Å². The van der Waals surface area contributed by atoms with Gasteiger partial charge in [0.25, 0.3) is 0 Å². The Bertz CT molecular complexity index is 1090. The summed E-state index contributed by atoms with van der Waals surface area (Å²) in [5, 5.41) is 83.3. The summed E-state index contributed by atoms with van der Waals surface area (Å²) in [6.45, 7) is 27.0. The van der Waals surface area contributed by atoms with E-state index < -0.39 is 29.8 Å². The van der Waals surface area contributed by atoms with Crippen molar-refractivity contribution < 1.29 is 255 Å². The fourth-order valence-electron chi connectivity index (χ4n) is 3.97. The molecule has 0 aromatic carbocycles. The summed E-state index contributed by atoms with van der Waals surface area (Å²) < 4.78 is 10.8. The van der Waals surface area contributed by atoms with E-state index in [1.165, 1.54) is 16.3 Å². The maximum Gasteiger partial charge on any atom is 1.00 e. The van der Waals surface area contributed by atoms with Gasteiger partial charge in [-0.05, 0) is 78.3 Å². The SMILES string of the molecule is C.C.C.CC(C)N(CC[NH-])CCNCCO.CCC(=O)[O-].CCC(=O)[O-].CCCO.CCCO.CCCOCC(=O)[O-].CI.COCCN(CNCCN(CCNCN(C)CC(=O)[O-])C(C)C)CC(=O)[O-].ICI.[Na+].[Na+].[Na+].[Na+].[Na+].[Y]. The fourth-order valence-corrected chi connectivity index (χ4v) is 3.97. The van der Waals surface area contributed by atoms with Gasteiger partial charge in [-0.2, -0.15) is 0 Å². The maximum absolute atomic E-state index is 10.8. The Morgan fingerprint density at radius 1 is 0.550 bits per heavy atom. The van der Waals surface area contributed by atoms with Crippen molar-refractivity contribution in [3.05, 3.63) is 5.73 Å². The molecule has 0 fully saturated rings. The minimum Gasteiger partial charge on any atom is -0.676 e. The number of halogens is 3. The van der Waals surface area contributed by atoms with Crippen molar-refractivity contribution in [3.8, 4) is 0 Å². The third kappa shape index (κ3) is 160. The minimum absolute atomic E-state index is 0. The number of carboxylic acids is 5. The van der Waals surface area contributed by atoms with E-state index in [1.807, 2.05) is 25.7 Å². The van der Waals surface area contributed by atoms with Gasteiger partial charge in [0, 0.05) is 162 Å². The van der Waals surface area contributed by atoms with Crippen molar-refractivity contribution in [3.63, 3.8) is 0 Å². The number of alkyl halides is 3. The molecule has 0 saturated heterocycles. The second kappa shape index (κ2) is 122. The smallest absolute Gasteiger partial charge is 0.676 e. The van der Waals surface area contributed by atoms with Gasteiger partial charge in [0.1, 0.15) is 0 Å². The zero-order valence-corrected chi connectivity index (χ0v) is 70.1. The molecular weight excluding hydrogens is 1510 g/mol. The predicted molar refractivity (Wildman–Crippen MR) is 319 cm³/mol. The summed E-state index contributed by atoms with van der Waals surface area (Å²) in [5.74, 6) is -5.34. The van der Waals surface area contributed by atoms with Gasteiger partial charge in [-0.15, -0.1) is 6.54 Å². The standard InChI is InChI=1S/C17H37N5O5.C9H22N3O.C5H10O3.2C3H6O2.2C3H8O.CH2I2.CH3I.3CH4.5Na.Y/c1-15(2)22(7-5-18-13-20(3)11-16(23)24)8-6-19-14-21(9-10-27-4)12-17(25)26;1-9(2)12(6-3-10)7-4-11-5-8-13;1-2-3-8-4-5(6)7;2*1-2-3(4)5;2*1-2-3-4;2-1-3;1-2;;;;;;;;;/h15,18-19H,5-14H2,1-4H3,(H,23,24)(H,25,26);9-11,13H,3-8H2,1-2H3;2-4H2,1H3,(H,6,7);2*2H2,1H3,(H,4,5);2*4H,2-3H2,1H3;1H2;1H3;3*1H4;;;;;;/q;-1;;;;;;;;;;;5*+1;/p-5. The molecule has 7 N–H and O–H groups in total. The first kappa shape index (κ1) is 134. The third-order valence-corrected chi connectivity index (χ3v) is 7.55. The number of methoxy groups -OCH3 is 1. The number of carbonyl (C=O) groups excluding carboxylic acids is 5. The Labute approximate surface area is 665 Å². The van der Waals surface area contributed by atoms with Gasteiger partial charge in [-0.25, -0.2) is 0 Å². The van der Waals surface area contributed by atoms with Gasteiger partial charge < -0.3 is 101 Å². The summed E-state index contributed by atoms with van der Waals surface area (Å²) in [5.41, 5.74) is 7.14. The first-order valence-corrected chi connectivity index (χ1v) is 28.8. The Morgan fingerprint density at radius 2 is 0.887 bits per heavy atom. The van der Waals surface area contributed by atoms with Crippen LogP contribution in [0, 0.1) is 0 Å². The van der Waals surface area contributed by atoms with E-state index in [9.17, 15) is 49.5 Å². The van der Waals surface area contributed by atoms with Crippen LogP contribution in [0.2, 0.25) is 0 Å². The van der Waals surface area contributed by atoms with Crippen LogP contribution in [0.5, 0.6) is 0 Å². The van der Waals surface area contributed by atoms with Gasteiger partial charge in [-0.1, -0.05) is 125 Å². The fraction of sp³-hybridized carbons (Fsp3) is 0.896. The molecule has 0 aromatic rings. The second-order valence-corrected chi connectivity index (χ2v) is 19.0. The first-order valence-electron chi connectivity index (χ1n) is 23.6. The van der Waals surface area contributed by atoms with E-state index in [4.69, 9.17) is 25.8 Å². The molecule has 0 spiro atoms. The van der Waals surface area contributed by atoms with Crippen LogP contribution < -0.4 is 189 Å². The largest absolute Gasteiger partial charge is 1.00 e. The van der Waals surface area contributed by atoms with Crippen LogP contribution in [0.15, 0.2) is 0 Å². The molecule has 32 heteroatoms. The molecule has 0 aromatic heterocycles. The normalized spacial score (nSPS) is 8.76. The van der Waals surface area contributed by atoms with Crippen LogP contribution in [-0.2, 0) is 66.2 Å².